The molecule has 7 nitrogen and oxygen atoms in total. The molecule has 0 saturated heterocycles. The Hall–Kier alpha value is -3.49. The molecule has 3 N–H and O–H groups in total. The Labute approximate surface area is 204 Å². The minimum absolute atomic E-state index is 0.00681. The van der Waals surface area contributed by atoms with Gasteiger partial charge in [-0.25, -0.2) is 18.4 Å². The summed E-state index contributed by atoms with van der Waals surface area (Å²) in [7, 11) is 0. The van der Waals surface area contributed by atoms with Crippen molar-refractivity contribution in [2.45, 2.75) is 39.5 Å². The van der Waals surface area contributed by atoms with Crippen LogP contribution in [0.4, 0.5) is 20.2 Å². The topological polar surface area (TPSA) is 108 Å². The zero-order chi connectivity index (χ0) is 25.8. The molecule has 2 aliphatic rings. The zero-order valence-electron chi connectivity index (χ0n) is 20.0. The minimum atomic E-state index is -0.721. The van der Waals surface area contributed by atoms with Crippen LogP contribution in [-0.2, 0) is 14.3 Å². The van der Waals surface area contributed by atoms with E-state index >= 15 is 0 Å². The number of halogens is 2. The monoisotopic (exact) mass is 490 g/mol. The van der Waals surface area contributed by atoms with Gasteiger partial charge in [-0.1, -0.05) is 12.1 Å². The van der Waals surface area contributed by atoms with Gasteiger partial charge in [0.15, 0.2) is 11.6 Å². The smallest absolute Gasteiger partial charge is 0.341 e. The molecule has 0 bridgehead atoms. The number of rotatable bonds is 8. The molecular weight excluding hydrogens is 458 g/mol. The Morgan fingerprint density at radius 1 is 0.943 bits per heavy atom. The van der Waals surface area contributed by atoms with Crippen molar-refractivity contribution in [3.05, 3.63) is 59.2 Å². The number of ether oxygens (including phenoxy) is 2. The maximum Gasteiger partial charge on any atom is 0.341 e. The van der Waals surface area contributed by atoms with Crippen molar-refractivity contribution in [2.24, 2.45) is 11.8 Å². The van der Waals surface area contributed by atoms with Crippen molar-refractivity contribution in [1.82, 2.24) is 0 Å². The number of esters is 2. The molecular formula is C26H32F2N2O5. The predicted octanol–water partition coefficient (Wildman–Crippen LogP) is 5.00. The van der Waals surface area contributed by atoms with E-state index in [1.54, 1.807) is 26.0 Å². The highest BCUT2D eigenvalue weighted by Gasteiger charge is 2.22. The largest absolute Gasteiger partial charge is 0.462 e. The fourth-order valence-electron chi connectivity index (χ4n) is 2.76. The van der Waals surface area contributed by atoms with Gasteiger partial charge in [-0.05, 0) is 69.7 Å². The zero-order valence-corrected chi connectivity index (χ0v) is 20.0. The van der Waals surface area contributed by atoms with Crippen LogP contribution in [0, 0.1) is 23.5 Å². The van der Waals surface area contributed by atoms with E-state index in [9.17, 15) is 23.2 Å². The molecule has 190 valence electrons. The van der Waals surface area contributed by atoms with Crippen LogP contribution in [0.1, 0.15) is 60.2 Å². The average Bonchev–Trinajstić information content (AvgIpc) is 3.76. The molecule has 2 aromatic carbocycles. The molecule has 4 rings (SSSR count). The SMILES string of the molecule is CCOC(=O)c1cccc(N)c1F.CCOC(=O)c1cccc(NCC2CC2)c1F.O=CC1CC1. The van der Waals surface area contributed by atoms with E-state index in [4.69, 9.17) is 10.5 Å². The number of hydrogen-bond donors (Lipinski definition) is 2. The lowest BCUT2D eigenvalue weighted by molar-refractivity contribution is -0.108. The highest BCUT2D eigenvalue weighted by Crippen LogP contribution is 2.29. The maximum atomic E-state index is 14.0. The van der Waals surface area contributed by atoms with E-state index in [1.165, 1.54) is 37.1 Å². The van der Waals surface area contributed by atoms with E-state index in [0.717, 1.165) is 25.7 Å². The summed E-state index contributed by atoms with van der Waals surface area (Å²) in [4.78, 5) is 32.1. The summed E-state index contributed by atoms with van der Waals surface area (Å²) in [6, 6.07) is 8.97. The van der Waals surface area contributed by atoms with Crippen molar-refractivity contribution < 1.29 is 32.6 Å². The lowest BCUT2D eigenvalue weighted by Crippen LogP contribution is -2.11. The van der Waals surface area contributed by atoms with Crippen molar-refractivity contribution in [3.8, 4) is 0 Å². The molecule has 2 aliphatic carbocycles. The first-order valence-electron chi connectivity index (χ1n) is 11.7. The Kier molecular flexibility index (Phi) is 11.1. The highest BCUT2D eigenvalue weighted by molar-refractivity contribution is 5.91. The number of anilines is 2. The molecule has 2 saturated carbocycles. The van der Waals surface area contributed by atoms with Crippen LogP contribution < -0.4 is 11.1 Å². The fraction of sp³-hybridized carbons (Fsp3) is 0.423. The number of nitrogen functional groups attached to an aromatic ring is 1. The van der Waals surface area contributed by atoms with Gasteiger partial charge in [-0.2, -0.15) is 0 Å². The summed E-state index contributed by atoms with van der Waals surface area (Å²) in [6.07, 6.45) is 5.71. The van der Waals surface area contributed by atoms with Crippen molar-refractivity contribution in [2.75, 3.05) is 30.8 Å². The molecule has 0 aliphatic heterocycles. The molecule has 0 aromatic heterocycles. The number of benzene rings is 2. The van der Waals surface area contributed by atoms with Crippen LogP contribution in [0.25, 0.3) is 0 Å². The summed E-state index contributed by atoms with van der Waals surface area (Å²) >= 11 is 0. The number of carbonyl (C=O) groups excluding carboxylic acids is 3. The molecule has 0 radical (unpaired) electrons. The average molecular weight is 491 g/mol. The van der Waals surface area contributed by atoms with Crippen LogP contribution in [0.2, 0.25) is 0 Å². The lowest BCUT2D eigenvalue weighted by Gasteiger charge is -2.09. The molecule has 35 heavy (non-hydrogen) atoms. The lowest BCUT2D eigenvalue weighted by atomic mass is 10.2. The van der Waals surface area contributed by atoms with Gasteiger partial charge in [-0.15, -0.1) is 0 Å². The van der Waals surface area contributed by atoms with Crippen LogP contribution in [0.5, 0.6) is 0 Å². The summed E-state index contributed by atoms with van der Waals surface area (Å²) < 4.78 is 36.5. The van der Waals surface area contributed by atoms with E-state index in [0.29, 0.717) is 17.5 Å². The second-order valence-corrected chi connectivity index (χ2v) is 8.11. The van der Waals surface area contributed by atoms with Gasteiger partial charge in [0.2, 0.25) is 0 Å². The Morgan fingerprint density at radius 3 is 1.94 bits per heavy atom. The summed E-state index contributed by atoms with van der Waals surface area (Å²) in [5.41, 5.74) is 5.47. The Morgan fingerprint density at radius 2 is 1.49 bits per heavy atom. The van der Waals surface area contributed by atoms with Gasteiger partial charge >= 0.3 is 11.9 Å². The maximum absolute atomic E-state index is 14.0. The van der Waals surface area contributed by atoms with Crippen molar-refractivity contribution in [1.29, 1.82) is 0 Å². The van der Waals surface area contributed by atoms with E-state index in [1.807, 2.05) is 0 Å². The minimum Gasteiger partial charge on any atom is -0.462 e. The number of carbonyl (C=O) groups is 3. The number of aldehydes is 1. The van der Waals surface area contributed by atoms with Crippen LogP contribution >= 0.6 is 0 Å². The van der Waals surface area contributed by atoms with Crippen LogP contribution in [-0.4, -0.2) is 38.0 Å². The van der Waals surface area contributed by atoms with E-state index in [2.05, 4.69) is 10.1 Å². The molecule has 2 aromatic rings. The summed E-state index contributed by atoms with van der Waals surface area (Å²) in [5.74, 6) is -1.43. The van der Waals surface area contributed by atoms with Crippen molar-refractivity contribution in [3.63, 3.8) is 0 Å². The molecule has 9 heteroatoms. The molecule has 0 unspecified atom stereocenters. The van der Waals surface area contributed by atoms with E-state index < -0.39 is 23.6 Å². The van der Waals surface area contributed by atoms with Gasteiger partial charge in [0, 0.05) is 12.5 Å². The second kappa shape index (κ2) is 14.0. The molecule has 2 fully saturated rings. The third kappa shape index (κ3) is 9.35. The Balaban J connectivity index is 0.000000211. The van der Waals surface area contributed by atoms with Crippen molar-refractivity contribution >= 4 is 29.6 Å². The van der Waals surface area contributed by atoms with E-state index in [-0.39, 0.29) is 30.0 Å². The van der Waals surface area contributed by atoms with Gasteiger partial charge in [-0.3, -0.25) is 0 Å². The predicted molar refractivity (Wildman–Crippen MR) is 129 cm³/mol. The summed E-state index contributed by atoms with van der Waals surface area (Å²) in [6.45, 7) is 4.58. The number of nitrogens with one attached hydrogen (secondary N) is 1. The number of nitrogens with two attached hydrogens (primary N) is 1. The van der Waals surface area contributed by atoms with Crippen LogP contribution in [0.3, 0.4) is 0 Å². The van der Waals surface area contributed by atoms with Gasteiger partial charge in [0.05, 0.1) is 35.7 Å². The third-order valence-corrected chi connectivity index (χ3v) is 5.11. The fourth-order valence-corrected chi connectivity index (χ4v) is 2.76. The Bertz CT molecular complexity index is 1010. The summed E-state index contributed by atoms with van der Waals surface area (Å²) in [5, 5.41) is 3.03. The van der Waals surface area contributed by atoms with Gasteiger partial charge in [0.1, 0.15) is 6.29 Å². The van der Waals surface area contributed by atoms with Gasteiger partial charge < -0.3 is 25.3 Å². The first kappa shape index (κ1) is 27.8. The highest BCUT2D eigenvalue weighted by atomic mass is 19.1. The first-order chi connectivity index (χ1) is 16.8. The number of hydrogen-bond acceptors (Lipinski definition) is 7. The third-order valence-electron chi connectivity index (χ3n) is 5.11. The molecule has 0 heterocycles. The molecule has 0 amide bonds. The molecule has 0 atom stereocenters. The van der Waals surface area contributed by atoms with Gasteiger partial charge in [0.25, 0.3) is 0 Å². The van der Waals surface area contributed by atoms with Crippen LogP contribution in [0.15, 0.2) is 36.4 Å². The standard InChI is InChI=1S/C13H16FNO2.C9H10FNO2.C4H6O/c1-2-17-13(16)10-4-3-5-11(12(10)14)15-8-9-6-7-9;1-2-13-9(12)6-4-3-5-7(11)8(6)10;5-3-4-1-2-4/h3-5,9,15H,2,6-8H2,1H3;3-5H,2,11H2,1H3;3-4H,1-2H2. The molecule has 0 spiro atoms. The quantitative estimate of drug-likeness (QED) is 0.304. The second-order valence-electron chi connectivity index (χ2n) is 8.11. The first-order valence-corrected chi connectivity index (χ1v) is 11.7. The normalized spacial score (nSPS) is 13.8.